The first kappa shape index (κ1) is 12.1. The molecule has 1 aliphatic heterocycles. The molecule has 2 N–H and O–H groups in total. The quantitative estimate of drug-likeness (QED) is 0.878. The van der Waals surface area contributed by atoms with E-state index in [2.05, 4.69) is 10.6 Å². The van der Waals surface area contributed by atoms with E-state index >= 15 is 0 Å². The minimum absolute atomic E-state index is 0.1000. The molecule has 0 aromatic heterocycles. The van der Waals surface area contributed by atoms with E-state index in [4.69, 9.17) is 11.6 Å². The number of halogens is 1. The molecule has 0 unspecified atom stereocenters. The van der Waals surface area contributed by atoms with Gasteiger partial charge >= 0.3 is 0 Å². The van der Waals surface area contributed by atoms with Crippen molar-refractivity contribution in [3.05, 3.63) is 58.6 Å². The fourth-order valence-corrected chi connectivity index (χ4v) is 2.31. The van der Waals surface area contributed by atoms with Crippen LogP contribution in [0.15, 0.2) is 42.5 Å². The summed E-state index contributed by atoms with van der Waals surface area (Å²) in [5.41, 5.74) is 3.75. The molecule has 3 nitrogen and oxygen atoms in total. The fraction of sp³-hybridized carbons (Fsp3) is 0.133. The van der Waals surface area contributed by atoms with Gasteiger partial charge in [0.15, 0.2) is 0 Å². The van der Waals surface area contributed by atoms with E-state index in [1.54, 1.807) is 24.3 Å². The van der Waals surface area contributed by atoms with Crippen LogP contribution in [0.2, 0.25) is 5.02 Å². The van der Waals surface area contributed by atoms with Crippen molar-refractivity contribution in [2.75, 3.05) is 17.2 Å². The molecule has 1 heterocycles. The number of benzene rings is 2. The fourth-order valence-electron chi connectivity index (χ4n) is 2.18. The summed E-state index contributed by atoms with van der Waals surface area (Å²) in [6, 6.07) is 12.8. The number of rotatable bonds is 2. The van der Waals surface area contributed by atoms with Crippen LogP contribution in [0.5, 0.6) is 0 Å². The molecule has 0 aliphatic carbocycles. The second kappa shape index (κ2) is 4.94. The maximum atomic E-state index is 12.1. The second-order valence-electron chi connectivity index (χ2n) is 4.51. The van der Waals surface area contributed by atoms with Crippen LogP contribution < -0.4 is 10.6 Å². The van der Waals surface area contributed by atoms with Crippen LogP contribution in [0.3, 0.4) is 0 Å². The van der Waals surface area contributed by atoms with Crippen molar-refractivity contribution in [1.29, 1.82) is 0 Å². The Hall–Kier alpha value is -2.00. The molecule has 4 heteroatoms. The standard InChI is InChI=1S/C15H13ClN2O/c16-12-2-4-13(5-3-12)18-15(19)11-1-6-14-10(9-11)7-8-17-14/h1-6,9,17H,7-8H2,(H,18,19). The molecule has 2 aromatic rings. The van der Waals surface area contributed by atoms with E-state index < -0.39 is 0 Å². The van der Waals surface area contributed by atoms with Gasteiger partial charge in [-0.05, 0) is 54.4 Å². The zero-order chi connectivity index (χ0) is 13.2. The predicted molar refractivity (Wildman–Crippen MR) is 78.0 cm³/mol. The Labute approximate surface area is 116 Å². The second-order valence-corrected chi connectivity index (χ2v) is 4.95. The first-order chi connectivity index (χ1) is 9.22. The summed E-state index contributed by atoms with van der Waals surface area (Å²) in [7, 11) is 0. The summed E-state index contributed by atoms with van der Waals surface area (Å²) in [5.74, 6) is -0.1000. The Bertz CT molecular complexity index is 623. The topological polar surface area (TPSA) is 41.1 Å². The number of carbonyl (C=O) groups is 1. The van der Waals surface area contributed by atoms with Crippen LogP contribution >= 0.6 is 11.6 Å². The van der Waals surface area contributed by atoms with Crippen LogP contribution in [0, 0.1) is 0 Å². The molecule has 1 amide bonds. The van der Waals surface area contributed by atoms with Gasteiger partial charge in [-0.3, -0.25) is 4.79 Å². The van der Waals surface area contributed by atoms with Crippen molar-refractivity contribution in [3.63, 3.8) is 0 Å². The van der Waals surface area contributed by atoms with Gasteiger partial charge in [-0.1, -0.05) is 11.6 Å². The SMILES string of the molecule is O=C(Nc1ccc(Cl)cc1)c1ccc2c(c1)CCN2. The highest BCUT2D eigenvalue weighted by atomic mass is 35.5. The number of hydrogen-bond donors (Lipinski definition) is 2. The Kier molecular flexibility index (Phi) is 3.13. The third-order valence-corrected chi connectivity index (χ3v) is 3.43. The van der Waals surface area contributed by atoms with E-state index in [0.717, 1.165) is 24.3 Å². The van der Waals surface area contributed by atoms with E-state index in [1.165, 1.54) is 5.56 Å². The lowest BCUT2D eigenvalue weighted by Gasteiger charge is -2.07. The molecule has 0 atom stereocenters. The molecular formula is C15H13ClN2O. The number of hydrogen-bond acceptors (Lipinski definition) is 2. The number of nitrogens with one attached hydrogen (secondary N) is 2. The van der Waals surface area contributed by atoms with Crippen molar-refractivity contribution < 1.29 is 4.79 Å². The van der Waals surface area contributed by atoms with Gasteiger partial charge in [-0.15, -0.1) is 0 Å². The largest absolute Gasteiger partial charge is 0.384 e. The first-order valence-electron chi connectivity index (χ1n) is 6.16. The first-order valence-corrected chi connectivity index (χ1v) is 6.54. The van der Waals surface area contributed by atoms with E-state index in [0.29, 0.717) is 10.6 Å². The smallest absolute Gasteiger partial charge is 0.255 e. The molecule has 1 aliphatic rings. The molecule has 0 saturated carbocycles. The van der Waals surface area contributed by atoms with E-state index in [-0.39, 0.29) is 5.91 Å². The molecule has 19 heavy (non-hydrogen) atoms. The third kappa shape index (κ3) is 2.56. The number of carbonyl (C=O) groups excluding carboxylic acids is 1. The lowest BCUT2D eigenvalue weighted by Crippen LogP contribution is -2.11. The van der Waals surface area contributed by atoms with Crippen LogP contribution in [0.1, 0.15) is 15.9 Å². The third-order valence-electron chi connectivity index (χ3n) is 3.18. The van der Waals surface area contributed by atoms with Crippen molar-refractivity contribution in [2.24, 2.45) is 0 Å². The van der Waals surface area contributed by atoms with E-state index in [9.17, 15) is 4.79 Å². The normalized spacial score (nSPS) is 12.7. The lowest BCUT2D eigenvalue weighted by molar-refractivity contribution is 0.102. The van der Waals surface area contributed by atoms with Gasteiger partial charge in [0.05, 0.1) is 0 Å². The number of fused-ring (bicyclic) bond motifs is 1. The van der Waals surface area contributed by atoms with Crippen LogP contribution in [0.4, 0.5) is 11.4 Å². The van der Waals surface area contributed by atoms with Gasteiger partial charge in [0, 0.05) is 28.5 Å². The lowest BCUT2D eigenvalue weighted by atomic mass is 10.1. The number of amides is 1. The molecule has 0 spiro atoms. The molecule has 2 aromatic carbocycles. The van der Waals surface area contributed by atoms with Gasteiger partial charge in [-0.2, -0.15) is 0 Å². The van der Waals surface area contributed by atoms with Gasteiger partial charge < -0.3 is 10.6 Å². The average Bonchev–Trinajstić information content (AvgIpc) is 2.88. The number of anilines is 2. The van der Waals surface area contributed by atoms with Crippen LogP contribution in [-0.4, -0.2) is 12.5 Å². The molecular weight excluding hydrogens is 260 g/mol. The highest BCUT2D eigenvalue weighted by molar-refractivity contribution is 6.30. The Balaban J connectivity index is 1.78. The van der Waals surface area contributed by atoms with Crippen molar-refractivity contribution in [2.45, 2.75) is 6.42 Å². The highest BCUT2D eigenvalue weighted by Crippen LogP contribution is 2.23. The van der Waals surface area contributed by atoms with Gasteiger partial charge in [-0.25, -0.2) is 0 Å². The Morgan fingerprint density at radius 1 is 1.16 bits per heavy atom. The van der Waals surface area contributed by atoms with Gasteiger partial charge in [0.2, 0.25) is 0 Å². The van der Waals surface area contributed by atoms with Crippen molar-refractivity contribution in [3.8, 4) is 0 Å². The molecule has 96 valence electrons. The summed E-state index contributed by atoms with van der Waals surface area (Å²) in [4.78, 5) is 12.1. The minimum atomic E-state index is -0.1000. The van der Waals surface area contributed by atoms with Crippen molar-refractivity contribution in [1.82, 2.24) is 0 Å². The van der Waals surface area contributed by atoms with Crippen molar-refractivity contribution >= 4 is 28.9 Å². The zero-order valence-electron chi connectivity index (χ0n) is 10.2. The maximum Gasteiger partial charge on any atom is 0.255 e. The monoisotopic (exact) mass is 272 g/mol. The molecule has 0 fully saturated rings. The Morgan fingerprint density at radius 3 is 2.74 bits per heavy atom. The summed E-state index contributed by atoms with van der Waals surface area (Å²) < 4.78 is 0. The zero-order valence-corrected chi connectivity index (χ0v) is 11.0. The summed E-state index contributed by atoms with van der Waals surface area (Å²) in [5, 5.41) is 6.79. The summed E-state index contributed by atoms with van der Waals surface area (Å²) >= 11 is 5.81. The maximum absolute atomic E-state index is 12.1. The summed E-state index contributed by atoms with van der Waals surface area (Å²) in [6.45, 7) is 0.942. The molecule has 0 radical (unpaired) electrons. The predicted octanol–water partition coefficient (Wildman–Crippen LogP) is 3.56. The minimum Gasteiger partial charge on any atom is -0.384 e. The molecule has 3 rings (SSSR count). The highest BCUT2D eigenvalue weighted by Gasteiger charge is 2.13. The summed E-state index contributed by atoms with van der Waals surface area (Å²) in [6.07, 6.45) is 0.970. The van der Waals surface area contributed by atoms with Gasteiger partial charge in [0.1, 0.15) is 0 Å². The van der Waals surface area contributed by atoms with E-state index in [1.807, 2.05) is 18.2 Å². The average molecular weight is 273 g/mol. The molecule has 0 bridgehead atoms. The van der Waals surface area contributed by atoms with Crippen LogP contribution in [0.25, 0.3) is 0 Å². The molecule has 0 saturated heterocycles. The Morgan fingerprint density at radius 2 is 1.95 bits per heavy atom. The van der Waals surface area contributed by atoms with Crippen LogP contribution in [-0.2, 0) is 6.42 Å². The van der Waals surface area contributed by atoms with Gasteiger partial charge in [0.25, 0.3) is 5.91 Å².